The van der Waals surface area contributed by atoms with Gasteiger partial charge in [0, 0.05) is 44.6 Å². The van der Waals surface area contributed by atoms with Crippen molar-refractivity contribution in [2.75, 3.05) is 18.0 Å². The van der Waals surface area contributed by atoms with Crippen molar-refractivity contribution < 1.29 is 13.2 Å². The van der Waals surface area contributed by atoms with Crippen molar-refractivity contribution in [1.29, 1.82) is 0 Å². The molecule has 3 rings (SSSR count). The first-order valence-corrected chi connectivity index (χ1v) is 7.20. The maximum absolute atomic E-state index is 12.6. The van der Waals surface area contributed by atoms with Gasteiger partial charge in [-0.15, -0.1) is 0 Å². The third kappa shape index (κ3) is 2.93. The molecule has 1 fully saturated rings. The Hall–Kier alpha value is -2.05. The van der Waals surface area contributed by atoms with Gasteiger partial charge in [-0.25, -0.2) is 9.97 Å². The SMILES string of the molecule is Cn1ccnc1[C@H]1CCCN(c2ccc(C(F)(F)F)cn2)C1. The number of rotatable bonds is 2. The summed E-state index contributed by atoms with van der Waals surface area (Å²) >= 11 is 0. The summed E-state index contributed by atoms with van der Waals surface area (Å²) in [5.74, 6) is 1.88. The first-order chi connectivity index (χ1) is 10.4. The number of piperidine rings is 1. The molecular weight excluding hydrogens is 293 g/mol. The summed E-state index contributed by atoms with van der Waals surface area (Å²) in [6.07, 6.45) is 2.24. The van der Waals surface area contributed by atoms with Crippen LogP contribution in [0, 0.1) is 0 Å². The monoisotopic (exact) mass is 310 g/mol. The zero-order chi connectivity index (χ0) is 15.7. The predicted octanol–water partition coefficient (Wildman–Crippen LogP) is 3.22. The molecule has 0 spiro atoms. The van der Waals surface area contributed by atoms with E-state index in [2.05, 4.69) is 9.97 Å². The minimum absolute atomic E-state index is 0.276. The molecule has 1 aliphatic heterocycles. The zero-order valence-corrected chi connectivity index (χ0v) is 12.2. The summed E-state index contributed by atoms with van der Waals surface area (Å²) in [4.78, 5) is 10.4. The molecule has 22 heavy (non-hydrogen) atoms. The summed E-state index contributed by atoms with van der Waals surface area (Å²) in [7, 11) is 1.96. The number of halogens is 3. The minimum Gasteiger partial charge on any atom is -0.356 e. The van der Waals surface area contributed by atoms with Gasteiger partial charge in [-0.3, -0.25) is 0 Å². The van der Waals surface area contributed by atoms with Gasteiger partial charge in [-0.1, -0.05) is 0 Å². The smallest absolute Gasteiger partial charge is 0.356 e. The van der Waals surface area contributed by atoms with Crippen molar-refractivity contribution in [3.8, 4) is 0 Å². The number of aromatic nitrogens is 3. The van der Waals surface area contributed by atoms with E-state index in [1.54, 1.807) is 6.20 Å². The number of imidazole rings is 1. The Balaban J connectivity index is 1.76. The van der Waals surface area contributed by atoms with Gasteiger partial charge >= 0.3 is 6.18 Å². The molecule has 0 aliphatic carbocycles. The highest BCUT2D eigenvalue weighted by Gasteiger charge is 2.31. The largest absolute Gasteiger partial charge is 0.417 e. The van der Waals surface area contributed by atoms with E-state index >= 15 is 0 Å². The van der Waals surface area contributed by atoms with Crippen LogP contribution in [0.2, 0.25) is 0 Å². The Morgan fingerprint density at radius 1 is 1.23 bits per heavy atom. The number of aryl methyl sites for hydroxylation is 1. The summed E-state index contributed by atoms with van der Waals surface area (Å²) < 4.78 is 39.8. The third-order valence-electron chi connectivity index (χ3n) is 4.04. The average molecular weight is 310 g/mol. The van der Waals surface area contributed by atoms with Gasteiger partial charge < -0.3 is 9.47 Å². The molecule has 0 saturated carbocycles. The van der Waals surface area contributed by atoms with Crippen LogP contribution in [0.3, 0.4) is 0 Å². The molecule has 4 nitrogen and oxygen atoms in total. The van der Waals surface area contributed by atoms with Crippen molar-refractivity contribution in [1.82, 2.24) is 14.5 Å². The topological polar surface area (TPSA) is 34.0 Å². The lowest BCUT2D eigenvalue weighted by Crippen LogP contribution is -2.35. The maximum atomic E-state index is 12.6. The number of anilines is 1. The minimum atomic E-state index is -4.34. The molecule has 7 heteroatoms. The molecule has 0 aromatic carbocycles. The molecule has 2 aromatic rings. The molecule has 118 valence electrons. The third-order valence-corrected chi connectivity index (χ3v) is 4.04. The quantitative estimate of drug-likeness (QED) is 0.854. The van der Waals surface area contributed by atoms with E-state index < -0.39 is 11.7 Å². The standard InChI is InChI=1S/C15H17F3N4/c1-21-8-6-19-14(21)11-3-2-7-22(10-11)13-5-4-12(9-20-13)15(16,17)18/h4-6,8-9,11H,2-3,7,10H2,1H3/t11-/m0/s1. The average Bonchev–Trinajstić information content (AvgIpc) is 2.93. The van der Waals surface area contributed by atoms with Crippen LogP contribution in [0.4, 0.5) is 19.0 Å². The molecular formula is C15H17F3N4. The van der Waals surface area contributed by atoms with E-state index in [0.717, 1.165) is 44.0 Å². The highest BCUT2D eigenvalue weighted by atomic mass is 19.4. The van der Waals surface area contributed by atoms with E-state index in [9.17, 15) is 13.2 Å². The van der Waals surface area contributed by atoms with Gasteiger partial charge in [0.25, 0.3) is 0 Å². The summed E-state index contributed by atoms with van der Waals surface area (Å²) in [5.41, 5.74) is -0.714. The highest BCUT2D eigenvalue weighted by Crippen LogP contribution is 2.31. The Labute approximate surface area is 126 Å². The van der Waals surface area contributed by atoms with Crippen LogP contribution in [-0.2, 0) is 13.2 Å². The fraction of sp³-hybridized carbons (Fsp3) is 0.467. The molecule has 3 heterocycles. The molecule has 1 saturated heterocycles. The predicted molar refractivity (Wildman–Crippen MR) is 76.6 cm³/mol. The zero-order valence-electron chi connectivity index (χ0n) is 12.2. The lowest BCUT2D eigenvalue weighted by Gasteiger charge is -2.33. The van der Waals surface area contributed by atoms with Crippen LogP contribution in [0.15, 0.2) is 30.7 Å². The molecule has 0 radical (unpaired) electrons. The molecule has 0 amide bonds. The van der Waals surface area contributed by atoms with E-state index in [0.29, 0.717) is 5.82 Å². The summed E-state index contributed by atoms with van der Waals surface area (Å²) in [6, 6.07) is 2.54. The van der Waals surface area contributed by atoms with Crippen molar-refractivity contribution in [2.24, 2.45) is 7.05 Å². The van der Waals surface area contributed by atoms with Gasteiger partial charge in [0.2, 0.25) is 0 Å². The van der Waals surface area contributed by atoms with Crippen molar-refractivity contribution >= 4 is 5.82 Å². The molecule has 0 unspecified atom stereocenters. The van der Waals surface area contributed by atoms with E-state index in [4.69, 9.17) is 0 Å². The van der Waals surface area contributed by atoms with Gasteiger partial charge in [-0.2, -0.15) is 13.2 Å². The van der Waals surface area contributed by atoms with Crippen molar-refractivity contribution in [3.63, 3.8) is 0 Å². The number of alkyl halides is 3. The number of nitrogens with zero attached hydrogens (tertiary/aromatic N) is 4. The lowest BCUT2D eigenvalue weighted by atomic mass is 9.97. The number of hydrogen-bond donors (Lipinski definition) is 0. The van der Waals surface area contributed by atoms with E-state index in [1.165, 1.54) is 6.07 Å². The van der Waals surface area contributed by atoms with Crippen LogP contribution >= 0.6 is 0 Å². The fourth-order valence-corrected chi connectivity index (χ4v) is 2.91. The number of hydrogen-bond acceptors (Lipinski definition) is 3. The van der Waals surface area contributed by atoms with Crippen molar-refractivity contribution in [3.05, 3.63) is 42.1 Å². The summed E-state index contributed by atoms with van der Waals surface area (Å²) in [5, 5.41) is 0. The normalized spacial score (nSPS) is 19.5. The van der Waals surface area contributed by atoms with Gasteiger partial charge in [0.15, 0.2) is 0 Å². The Morgan fingerprint density at radius 2 is 2.05 bits per heavy atom. The molecule has 2 aromatic heterocycles. The van der Waals surface area contributed by atoms with Gasteiger partial charge in [0.1, 0.15) is 11.6 Å². The molecule has 1 aliphatic rings. The van der Waals surface area contributed by atoms with Crippen LogP contribution in [0.5, 0.6) is 0 Å². The van der Waals surface area contributed by atoms with E-state index in [-0.39, 0.29) is 5.92 Å². The number of pyridine rings is 1. The van der Waals surface area contributed by atoms with Gasteiger partial charge in [0.05, 0.1) is 5.56 Å². The van der Waals surface area contributed by atoms with Crippen molar-refractivity contribution in [2.45, 2.75) is 24.9 Å². The second-order valence-corrected chi connectivity index (χ2v) is 5.58. The van der Waals surface area contributed by atoms with Crippen LogP contribution in [0.25, 0.3) is 0 Å². The Morgan fingerprint density at radius 3 is 2.64 bits per heavy atom. The first-order valence-electron chi connectivity index (χ1n) is 7.20. The molecule has 0 N–H and O–H groups in total. The van der Waals surface area contributed by atoms with Crippen LogP contribution in [0.1, 0.15) is 30.1 Å². The maximum Gasteiger partial charge on any atom is 0.417 e. The Bertz CT molecular complexity index is 633. The lowest BCUT2D eigenvalue weighted by molar-refractivity contribution is -0.137. The second kappa shape index (κ2) is 5.62. The molecule has 1 atom stereocenters. The van der Waals surface area contributed by atoms with Crippen LogP contribution in [-0.4, -0.2) is 27.6 Å². The Kier molecular flexibility index (Phi) is 3.80. The summed E-state index contributed by atoms with van der Waals surface area (Å²) in [6.45, 7) is 1.53. The first kappa shape index (κ1) is 14.9. The van der Waals surface area contributed by atoms with E-state index in [1.807, 2.05) is 22.7 Å². The fourth-order valence-electron chi connectivity index (χ4n) is 2.91. The van der Waals surface area contributed by atoms with Crippen LogP contribution < -0.4 is 4.90 Å². The van der Waals surface area contributed by atoms with Gasteiger partial charge in [-0.05, 0) is 25.0 Å². The highest BCUT2D eigenvalue weighted by molar-refractivity contribution is 5.41. The molecule has 0 bridgehead atoms. The second-order valence-electron chi connectivity index (χ2n) is 5.58.